The van der Waals surface area contributed by atoms with Crippen LogP contribution in [0.5, 0.6) is 0 Å². The first-order valence-electron chi connectivity index (χ1n) is 9.43. The molecule has 0 spiro atoms. The molecule has 0 aliphatic carbocycles. The number of nitrogens with zero attached hydrogens (tertiary/aromatic N) is 3. The maximum atomic E-state index is 12.9. The lowest BCUT2D eigenvalue weighted by atomic mass is 10.1. The molecule has 0 saturated heterocycles. The summed E-state index contributed by atoms with van der Waals surface area (Å²) in [4.78, 5) is 22.8. The number of benzene rings is 2. The second-order valence-electron chi connectivity index (χ2n) is 6.84. The summed E-state index contributed by atoms with van der Waals surface area (Å²) in [5.41, 5.74) is 4.36. The lowest BCUT2D eigenvalue weighted by Crippen LogP contribution is -2.13. The Balaban J connectivity index is 1.50. The summed E-state index contributed by atoms with van der Waals surface area (Å²) < 4.78 is 5.29. The van der Waals surface area contributed by atoms with Gasteiger partial charge in [0, 0.05) is 27.5 Å². The quantitative estimate of drug-likeness (QED) is 0.435. The number of nitrogens with one attached hydrogen (secondary N) is 1. The minimum atomic E-state index is -0.259. The molecule has 0 fully saturated rings. The molecule has 4 rings (SSSR count). The van der Waals surface area contributed by atoms with Crippen LogP contribution in [0.2, 0.25) is 0 Å². The molecule has 7 heteroatoms. The van der Waals surface area contributed by atoms with E-state index >= 15 is 0 Å². The normalized spacial score (nSPS) is 10.8. The molecule has 2 heterocycles. The van der Waals surface area contributed by atoms with Gasteiger partial charge in [0.25, 0.3) is 5.91 Å². The Kier molecular flexibility index (Phi) is 5.63. The summed E-state index contributed by atoms with van der Waals surface area (Å²) >= 11 is 1.48. The van der Waals surface area contributed by atoms with Crippen molar-refractivity contribution in [3.8, 4) is 11.3 Å². The van der Waals surface area contributed by atoms with Crippen molar-refractivity contribution in [2.24, 2.45) is 0 Å². The van der Waals surface area contributed by atoms with Crippen LogP contribution in [0.3, 0.4) is 0 Å². The summed E-state index contributed by atoms with van der Waals surface area (Å²) in [6.07, 6.45) is 0. The van der Waals surface area contributed by atoms with E-state index in [1.54, 1.807) is 6.92 Å². The number of carbonyl (C=O) groups excluding carboxylic acids is 1. The van der Waals surface area contributed by atoms with E-state index < -0.39 is 0 Å². The van der Waals surface area contributed by atoms with E-state index in [0.717, 1.165) is 21.8 Å². The first-order chi connectivity index (χ1) is 14.5. The number of hydrogen-bond acceptors (Lipinski definition) is 6. The fourth-order valence-corrected chi connectivity index (χ4v) is 3.94. The highest BCUT2D eigenvalue weighted by Gasteiger charge is 2.21. The Bertz CT molecular complexity index is 1170. The largest absolute Gasteiger partial charge is 0.360 e. The van der Waals surface area contributed by atoms with Gasteiger partial charge in [0.15, 0.2) is 5.16 Å². The smallest absolute Gasteiger partial charge is 0.261 e. The van der Waals surface area contributed by atoms with Gasteiger partial charge in [-0.1, -0.05) is 35.5 Å². The van der Waals surface area contributed by atoms with E-state index in [1.165, 1.54) is 11.8 Å². The van der Waals surface area contributed by atoms with E-state index in [2.05, 4.69) is 20.4 Å². The Hall–Kier alpha value is -3.45. The Morgan fingerprint density at radius 3 is 2.27 bits per heavy atom. The number of aryl methyl sites for hydroxylation is 3. The van der Waals surface area contributed by atoms with Gasteiger partial charge in [-0.15, -0.1) is 0 Å². The lowest BCUT2D eigenvalue weighted by molar-refractivity contribution is 0.102. The van der Waals surface area contributed by atoms with E-state index in [4.69, 9.17) is 4.52 Å². The van der Waals surface area contributed by atoms with Crippen LogP contribution in [0.4, 0.5) is 5.69 Å². The van der Waals surface area contributed by atoms with Crippen molar-refractivity contribution < 1.29 is 9.32 Å². The molecule has 0 aliphatic rings. The molecule has 30 heavy (non-hydrogen) atoms. The first-order valence-corrected chi connectivity index (χ1v) is 10.2. The zero-order valence-electron chi connectivity index (χ0n) is 16.8. The van der Waals surface area contributed by atoms with Gasteiger partial charge in [0.05, 0.1) is 0 Å². The van der Waals surface area contributed by atoms with E-state index in [-0.39, 0.29) is 5.91 Å². The molecule has 0 atom stereocenters. The predicted molar refractivity (Wildman–Crippen MR) is 117 cm³/mol. The standard InChI is InChI=1S/C23H20N4O2S/c1-14-13-15(2)25-23(24-14)30-19-11-9-18(10-12-19)26-22(28)20-16(3)29-27-21(20)17-7-5-4-6-8-17/h4-13H,1-3H3,(H,26,28). The maximum absolute atomic E-state index is 12.9. The molecule has 0 bridgehead atoms. The Morgan fingerprint density at radius 1 is 0.933 bits per heavy atom. The molecule has 4 aromatic rings. The van der Waals surface area contributed by atoms with Crippen LogP contribution in [0.1, 0.15) is 27.5 Å². The van der Waals surface area contributed by atoms with Gasteiger partial charge in [0.2, 0.25) is 0 Å². The average molecular weight is 417 g/mol. The van der Waals surface area contributed by atoms with Crippen LogP contribution in [-0.2, 0) is 0 Å². The van der Waals surface area contributed by atoms with Gasteiger partial charge in [-0.2, -0.15) is 0 Å². The predicted octanol–water partition coefficient (Wildman–Crippen LogP) is 5.46. The fraction of sp³-hybridized carbons (Fsp3) is 0.130. The minimum Gasteiger partial charge on any atom is -0.360 e. The van der Waals surface area contributed by atoms with Gasteiger partial charge in [-0.05, 0) is 62.9 Å². The average Bonchev–Trinajstić information content (AvgIpc) is 3.11. The van der Waals surface area contributed by atoms with Gasteiger partial charge < -0.3 is 9.84 Å². The van der Waals surface area contributed by atoms with Crippen LogP contribution in [-0.4, -0.2) is 21.0 Å². The van der Waals surface area contributed by atoms with E-state index in [9.17, 15) is 4.79 Å². The molecule has 0 aliphatic heterocycles. The summed E-state index contributed by atoms with van der Waals surface area (Å²) in [7, 11) is 0. The molecule has 2 aromatic heterocycles. The number of carbonyl (C=O) groups is 1. The van der Waals surface area contributed by atoms with Crippen LogP contribution in [0, 0.1) is 20.8 Å². The monoisotopic (exact) mass is 416 g/mol. The molecule has 150 valence electrons. The molecular formula is C23H20N4O2S. The van der Waals surface area contributed by atoms with Crippen LogP contribution >= 0.6 is 11.8 Å². The van der Waals surface area contributed by atoms with Gasteiger partial charge in [-0.3, -0.25) is 4.79 Å². The third-order valence-corrected chi connectivity index (χ3v) is 5.29. The minimum absolute atomic E-state index is 0.259. The third-order valence-electron chi connectivity index (χ3n) is 4.42. The molecular weight excluding hydrogens is 396 g/mol. The Morgan fingerprint density at radius 2 is 1.60 bits per heavy atom. The zero-order valence-corrected chi connectivity index (χ0v) is 17.7. The fourth-order valence-electron chi connectivity index (χ4n) is 3.08. The molecule has 0 saturated carbocycles. The molecule has 6 nitrogen and oxygen atoms in total. The summed E-state index contributed by atoms with van der Waals surface area (Å²) in [6, 6.07) is 19.0. The van der Waals surface area contributed by atoms with Gasteiger partial charge in [-0.25, -0.2) is 9.97 Å². The molecule has 0 radical (unpaired) electrons. The highest BCUT2D eigenvalue weighted by molar-refractivity contribution is 7.99. The lowest BCUT2D eigenvalue weighted by Gasteiger charge is -2.07. The number of rotatable bonds is 5. The van der Waals surface area contributed by atoms with Crippen LogP contribution < -0.4 is 5.32 Å². The highest BCUT2D eigenvalue weighted by Crippen LogP contribution is 2.28. The molecule has 1 N–H and O–H groups in total. The van der Waals surface area contributed by atoms with Crippen molar-refractivity contribution in [2.75, 3.05) is 5.32 Å². The number of aromatic nitrogens is 3. The van der Waals surface area contributed by atoms with Crippen LogP contribution in [0.25, 0.3) is 11.3 Å². The van der Waals surface area contributed by atoms with Crippen molar-refractivity contribution in [1.82, 2.24) is 15.1 Å². The third kappa shape index (κ3) is 4.41. The van der Waals surface area contributed by atoms with Crippen molar-refractivity contribution in [2.45, 2.75) is 30.8 Å². The Labute approximate surface area is 178 Å². The van der Waals surface area contributed by atoms with Crippen molar-refractivity contribution in [1.29, 1.82) is 0 Å². The molecule has 1 amide bonds. The second kappa shape index (κ2) is 8.51. The van der Waals surface area contributed by atoms with Gasteiger partial charge >= 0.3 is 0 Å². The van der Waals surface area contributed by atoms with Crippen LogP contribution in [0.15, 0.2) is 75.2 Å². The zero-order chi connectivity index (χ0) is 21.1. The number of anilines is 1. The van der Waals surface area contributed by atoms with E-state index in [1.807, 2.05) is 74.5 Å². The highest BCUT2D eigenvalue weighted by atomic mass is 32.2. The number of amides is 1. The first kappa shape index (κ1) is 19.8. The van der Waals surface area contributed by atoms with Crippen molar-refractivity contribution >= 4 is 23.4 Å². The second-order valence-corrected chi connectivity index (χ2v) is 7.88. The molecule has 2 aromatic carbocycles. The maximum Gasteiger partial charge on any atom is 0.261 e. The van der Waals surface area contributed by atoms with Gasteiger partial charge in [0.1, 0.15) is 17.0 Å². The summed E-state index contributed by atoms with van der Waals surface area (Å²) in [6.45, 7) is 5.64. The van der Waals surface area contributed by atoms with E-state index in [0.29, 0.717) is 27.9 Å². The number of hydrogen-bond donors (Lipinski definition) is 1. The SMILES string of the molecule is Cc1cc(C)nc(Sc2ccc(NC(=O)c3c(-c4ccccc4)noc3C)cc2)n1. The van der Waals surface area contributed by atoms with Crippen molar-refractivity contribution in [3.05, 3.63) is 83.4 Å². The summed E-state index contributed by atoms with van der Waals surface area (Å²) in [5, 5.41) is 7.70. The van der Waals surface area contributed by atoms with Crippen molar-refractivity contribution in [3.63, 3.8) is 0 Å². The summed E-state index contributed by atoms with van der Waals surface area (Å²) in [5.74, 6) is 0.219. The topological polar surface area (TPSA) is 80.9 Å². The molecule has 0 unspecified atom stereocenters.